The summed E-state index contributed by atoms with van der Waals surface area (Å²) >= 11 is 1.79. The van der Waals surface area contributed by atoms with Gasteiger partial charge in [0.25, 0.3) is 0 Å². The van der Waals surface area contributed by atoms with Crippen LogP contribution in [0.15, 0.2) is 11.4 Å². The van der Waals surface area contributed by atoms with E-state index in [0.717, 1.165) is 38.3 Å². The Morgan fingerprint density at radius 1 is 1.24 bits per heavy atom. The maximum atomic E-state index is 8.80. The van der Waals surface area contributed by atoms with E-state index in [0.29, 0.717) is 6.42 Å². The van der Waals surface area contributed by atoms with Crippen LogP contribution in [0.1, 0.15) is 37.6 Å². The van der Waals surface area contributed by atoms with Gasteiger partial charge in [0.05, 0.1) is 6.61 Å². The molecule has 3 nitrogen and oxygen atoms in total. The average molecular weight is 306 g/mol. The fourth-order valence-corrected chi connectivity index (χ4v) is 3.44. The monoisotopic (exact) mass is 306 g/mol. The first-order valence-electron chi connectivity index (χ1n) is 7.64. The third kappa shape index (κ3) is 4.82. The Morgan fingerprint density at radius 2 is 1.95 bits per heavy atom. The van der Waals surface area contributed by atoms with Crippen molar-refractivity contribution >= 4 is 11.3 Å². The van der Waals surface area contributed by atoms with Crippen molar-refractivity contribution in [2.75, 3.05) is 32.8 Å². The van der Waals surface area contributed by atoms with Crippen molar-refractivity contribution < 1.29 is 5.11 Å². The van der Waals surface area contributed by atoms with E-state index < -0.39 is 0 Å². The SMILES string of the molecule is CC(C)(C)N1CCN(Cc2sccc2C#CCCO)CC1. The fraction of sp³-hybridized carbons (Fsp3) is 0.647. The van der Waals surface area contributed by atoms with Gasteiger partial charge in [0.2, 0.25) is 0 Å². The summed E-state index contributed by atoms with van der Waals surface area (Å²) in [4.78, 5) is 6.43. The second kappa shape index (κ2) is 7.42. The van der Waals surface area contributed by atoms with E-state index in [1.807, 2.05) is 0 Å². The molecular formula is C17H26N2OS. The van der Waals surface area contributed by atoms with Gasteiger partial charge in [-0.15, -0.1) is 11.3 Å². The van der Waals surface area contributed by atoms with Gasteiger partial charge in [-0.25, -0.2) is 0 Å². The summed E-state index contributed by atoms with van der Waals surface area (Å²) in [6.45, 7) is 12.5. The first kappa shape index (κ1) is 16.5. The van der Waals surface area contributed by atoms with Crippen molar-refractivity contribution in [3.63, 3.8) is 0 Å². The van der Waals surface area contributed by atoms with E-state index in [2.05, 4.69) is 53.9 Å². The Kier molecular flexibility index (Phi) is 5.83. The summed E-state index contributed by atoms with van der Waals surface area (Å²) in [7, 11) is 0. The molecule has 1 N–H and O–H groups in total. The maximum absolute atomic E-state index is 8.80. The van der Waals surface area contributed by atoms with Crippen LogP contribution in [0.5, 0.6) is 0 Å². The number of hydrogen-bond acceptors (Lipinski definition) is 4. The lowest BCUT2D eigenvalue weighted by Gasteiger charge is -2.42. The molecule has 2 heterocycles. The summed E-state index contributed by atoms with van der Waals surface area (Å²) in [6, 6.07) is 2.09. The Bertz CT molecular complexity index is 499. The van der Waals surface area contributed by atoms with Crippen molar-refractivity contribution in [3.8, 4) is 11.8 Å². The zero-order valence-electron chi connectivity index (χ0n) is 13.4. The molecule has 1 aliphatic rings. The molecule has 1 fully saturated rings. The molecule has 21 heavy (non-hydrogen) atoms. The van der Waals surface area contributed by atoms with E-state index in [9.17, 15) is 0 Å². The quantitative estimate of drug-likeness (QED) is 0.869. The minimum Gasteiger partial charge on any atom is -0.395 e. The van der Waals surface area contributed by atoms with Crippen LogP contribution >= 0.6 is 11.3 Å². The lowest BCUT2D eigenvalue weighted by Crippen LogP contribution is -2.53. The van der Waals surface area contributed by atoms with Gasteiger partial charge in [-0.2, -0.15) is 0 Å². The summed E-state index contributed by atoms with van der Waals surface area (Å²) in [6.07, 6.45) is 0.555. The predicted molar refractivity (Wildman–Crippen MR) is 89.5 cm³/mol. The van der Waals surface area contributed by atoms with Crippen molar-refractivity contribution in [1.82, 2.24) is 9.80 Å². The minimum atomic E-state index is 0.140. The van der Waals surface area contributed by atoms with E-state index in [1.54, 1.807) is 11.3 Å². The number of hydrogen-bond donors (Lipinski definition) is 1. The Balaban J connectivity index is 1.90. The summed E-state index contributed by atoms with van der Waals surface area (Å²) in [5, 5.41) is 10.9. The van der Waals surface area contributed by atoms with Gasteiger partial charge in [-0.05, 0) is 32.2 Å². The number of piperazine rings is 1. The van der Waals surface area contributed by atoms with Crippen LogP contribution < -0.4 is 0 Å². The standard InChI is InChI=1S/C17H26N2OS/c1-17(2,3)19-10-8-18(9-11-19)14-16-15(7-13-21-16)6-4-5-12-20/h7,13,20H,5,8-12,14H2,1-3H3. The van der Waals surface area contributed by atoms with Gasteiger partial charge in [0.1, 0.15) is 0 Å². The highest BCUT2D eigenvalue weighted by Crippen LogP contribution is 2.21. The zero-order valence-corrected chi connectivity index (χ0v) is 14.2. The molecule has 1 aliphatic heterocycles. The first-order chi connectivity index (χ1) is 10.0. The molecule has 0 saturated carbocycles. The Hall–Kier alpha value is -0.860. The van der Waals surface area contributed by atoms with Crippen LogP contribution in [-0.4, -0.2) is 53.2 Å². The molecule has 0 radical (unpaired) electrons. The van der Waals surface area contributed by atoms with Gasteiger partial charge in [0, 0.05) is 55.1 Å². The van der Waals surface area contributed by atoms with E-state index in [1.165, 1.54) is 4.88 Å². The topological polar surface area (TPSA) is 26.7 Å². The number of aliphatic hydroxyl groups excluding tert-OH is 1. The lowest BCUT2D eigenvalue weighted by molar-refractivity contribution is 0.0595. The Labute approximate surface area is 132 Å². The predicted octanol–water partition coefficient (Wildman–Crippen LogP) is 2.40. The van der Waals surface area contributed by atoms with E-state index >= 15 is 0 Å². The molecular weight excluding hydrogens is 280 g/mol. The number of thiophene rings is 1. The van der Waals surface area contributed by atoms with E-state index in [-0.39, 0.29) is 12.1 Å². The largest absolute Gasteiger partial charge is 0.395 e. The maximum Gasteiger partial charge on any atom is 0.0540 e. The molecule has 1 aromatic heterocycles. The molecule has 0 amide bonds. The first-order valence-corrected chi connectivity index (χ1v) is 8.52. The van der Waals surface area contributed by atoms with Gasteiger partial charge in [-0.1, -0.05) is 11.8 Å². The smallest absolute Gasteiger partial charge is 0.0540 e. The molecule has 116 valence electrons. The van der Waals surface area contributed by atoms with Crippen LogP contribution in [0.2, 0.25) is 0 Å². The molecule has 2 rings (SSSR count). The molecule has 0 aromatic carbocycles. The fourth-order valence-electron chi connectivity index (χ4n) is 2.57. The van der Waals surface area contributed by atoms with Crippen LogP contribution in [0.4, 0.5) is 0 Å². The van der Waals surface area contributed by atoms with Gasteiger partial charge >= 0.3 is 0 Å². The molecule has 0 bridgehead atoms. The number of aliphatic hydroxyl groups is 1. The van der Waals surface area contributed by atoms with Gasteiger partial charge < -0.3 is 5.11 Å². The van der Waals surface area contributed by atoms with Crippen molar-refractivity contribution in [2.24, 2.45) is 0 Å². The molecule has 4 heteroatoms. The second-order valence-electron chi connectivity index (χ2n) is 6.47. The zero-order chi connectivity index (χ0) is 15.3. The van der Waals surface area contributed by atoms with Gasteiger partial charge in [0.15, 0.2) is 0 Å². The molecule has 1 aromatic rings. The second-order valence-corrected chi connectivity index (χ2v) is 7.47. The lowest BCUT2D eigenvalue weighted by atomic mass is 10.0. The minimum absolute atomic E-state index is 0.140. The molecule has 0 spiro atoms. The number of nitrogens with zero attached hydrogens (tertiary/aromatic N) is 2. The normalized spacial score (nSPS) is 17.5. The number of rotatable bonds is 3. The van der Waals surface area contributed by atoms with Crippen LogP contribution in [0.25, 0.3) is 0 Å². The van der Waals surface area contributed by atoms with Gasteiger partial charge in [-0.3, -0.25) is 9.80 Å². The molecule has 0 aliphatic carbocycles. The van der Waals surface area contributed by atoms with Crippen LogP contribution in [-0.2, 0) is 6.54 Å². The third-order valence-corrected chi connectivity index (χ3v) is 4.80. The highest BCUT2D eigenvalue weighted by molar-refractivity contribution is 7.10. The van der Waals surface area contributed by atoms with Crippen molar-refractivity contribution in [3.05, 3.63) is 21.9 Å². The van der Waals surface area contributed by atoms with E-state index in [4.69, 9.17) is 5.11 Å². The average Bonchev–Trinajstić information content (AvgIpc) is 2.86. The molecule has 0 atom stereocenters. The van der Waals surface area contributed by atoms with Crippen molar-refractivity contribution in [2.45, 2.75) is 39.3 Å². The summed E-state index contributed by atoms with van der Waals surface area (Å²) in [5.41, 5.74) is 1.40. The highest BCUT2D eigenvalue weighted by atomic mass is 32.1. The summed E-state index contributed by atoms with van der Waals surface area (Å²) < 4.78 is 0. The van der Waals surface area contributed by atoms with Crippen LogP contribution in [0.3, 0.4) is 0 Å². The molecule has 0 unspecified atom stereocenters. The third-order valence-electron chi connectivity index (χ3n) is 3.89. The summed E-state index contributed by atoms with van der Waals surface area (Å²) in [5.74, 6) is 6.20. The van der Waals surface area contributed by atoms with Crippen molar-refractivity contribution in [1.29, 1.82) is 0 Å². The highest BCUT2D eigenvalue weighted by Gasteiger charge is 2.25. The Morgan fingerprint density at radius 3 is 2.57 bits per heavy atom. The molecule has 1 saturated heterocycles. The van der Waals surface area contributed by atoms with Crippen LogP contribution in [0, 0.1) is 11.8 Å².